The van der Waals surface area contributed by atoms with Gasteiger partial charge in [-0.2, -0.15) is 0 Å². The third kappa shape index (κ3) is 3.79. The van der Waals surface area contributed by atoms with Gasteiger partial charge in [-0.3, -0.25) is 9.59 Å². The first-order valence-electron chi connectivity index (χ1n) is 12.5. The first-order valence-corrected chi connectivity index (χ1v) is 12.5. The third-order valence-electron chi connectivity index (χ3n) is 8.26. The molecule has 3 fully saturated rings. The smallest absolute Gasteiger partial charge is 0.340 e. The Bertz CT molecular complexity index is 1020. The van der Waals surface area contributed by atoms with Gasteiger partial charge in [0.15, 0.2) is 0 Å². The fourth-order valence-corrected chi connectivity index (χ4v) is 6.72. The summed E-state index contributed by atoms with van der Waals surface area (Å²) in [6.07, 6.45) is 8.71. The van der Waals surface area contributed by atoms with E-state index in [0.29, 0.717) is 12.3 Å². The quantitative estimate of drug-likeness (QED) is 0.375. The topological polar surface area (TPSA) is 76.2 Å². The van der Waals surface area contributed by atoms with Crippen molar-refractivity contribution in [3.63, 3.8) is 0 Å². The van der Waals surface area contributed by atoms with E-state index in [0.717, 1.165) is 50.2 Å². The molecule has 7 nitrogen and oxygen atoms in total. The Balaban J connectivity index is 1.40. The third-order valence-corrected chi connectivity index (χ3v) is 8.26. The van der Waals surface area contributed by atoms with E-state index < -0.39 is 5.97 Å². The predicted octanol–water partition coefficient (Wildman–Crippen LogP) is 3.58. The van der Waals surface area contributed by atoms with Crippen molar-refractivity contribution in [1.29, 1.82) is 0 Å². The van der Waals surface area contributed by atoms with E-state index in [1.165, 1.54) is 0 Å². The number of carbonyl (C=O) groups is 3. The average molecular weight is 467 g/mol. The number of para-hydroxylation sites is 1. The molecule has 0 aromatic heterocycles. The van der Waals surface area contributed by atoms with Gasteiger partial charge in [0.25, 0.3) is 0 Å². The van der Waals surface area contributed by atoms with Crippen molar-refractivity contribution in [2.75, 3.05) is 37.7 Å². The van der Waals surface area contributed by atoms with Crippen LogP contribution in [0, 0.1) is 16.7 Å². The number of piperidine rings is 1. The van der Waals surface area contributed by atoms with Crippen LogP contribution in [0.4, 0.5) is 5.69 Å². The van der Waals surface area contributed by atoms with Crippen LogP contribution in [0.3, 0.4) is 0 Å². The van der Waals surface area contributed by atoms with Gasteiger partial charge in [-0.25, -0.2) is 9.69 Å². The highest BCUT2D eigenvalue weighted by atomic mass is 16.5. The van der Waals surface area contributed by atoms with E-state index in [2.05, 4.69) is 24.0 Å². The number of amides is 2. The first-order chi connectivity index (χ1) is 16.4. The molecule has 1 aromatic rings. The standard InChI is InChI=1S/C27H34N2O5/c1-3-28-16-26-11-6-7-14-33-25(26)27(17-28,13-8-12-26)18-34-24(32)20-9-4-5-10-21(20)29-22(30)15-19(2)23(29)31/h4-7,9-10,19,25H,3,8,11-18H2,1-2H3/t19-,25+,26-,27-/m0/s1. The van der Waals surface area contributed by atoms with Gasteiger partial charge in [0, 0.05) is 36.3 Å². The van der Waals surface area contributed by atoms with Gasteiger partial charge < -0.3 is 14.4 Å². The maximum absolute atomic E-state index is 13.4. The molecule has 0 unspecified atom stereocenters. The second-order valence-electron chi connectivity index (χ2n) is 10.5. The Labute approximate surface area is 201 Å². The highest BCUT2D eigenvalue weighted by Crippen LogP contribution is 2.55. The summed E-state index contributed by atoms with van der Waals surface area (Å²) in [6, 6.07) is 6.75. The fraction of sp³-hybridized carbons (Fsp3) is 0.593. The van der Waals surface area contributed by atoms with E-state index in [1.54, 1.807) is 31.2 Å². The fourth-order valence-electron chi connectivity index (χ4n) is 6.72. The predicted molar refractivity (Wildman–Crippen MR) is 127 cm³/mol. The van der Waals surface area contributed by atoms with Crippen molar-refractivity contribution in [2.45, 2.75) is 52.1 Å². The van der Waals surface area contributed by atoms with Crippen LogP contribution in [-0.2, 0) is 19.1 Å². The molecule has 7 heteroatoms. The maximum atomic E-state index is 13.4. The summed E-state index contributed by atoms with van der Waals surface area (Å²) >= 11 is 0. The van der Waals surface area contributed by atoms with E-state index in [-0.39, 0.29) is 53.3 Å². The number of hydrogen-bond donors (Lipinski definition) is 0. The van der Waals surface area contributed by atoms with Gasteiger partial charge in [-0.15, -0.1) is 0 Å². The molecule has 1 aliphatic carbocycles. The molecule has 5 rings (SSSR count). The number of carbonyl (C=O) groups excluding carboxylic acids is 3. The summed E-state index contributed by atoms with van der Waals surface area (Å²) in [4.78, 5) is 42.1. The summed E-state index contributed by atoms with van der Waals surface area (Å²) in [7, 11) is 0. The zero-order valence-corrected chi connectivity index (χ0v) is 20.1. The van der Waals surface area contributed by atoms with Gasteiger partial charge >= 0.3 is 5.97 Å². The zero-order chi connectivity index (χ0) is 23.9. The van der Waals surface area contributed by atoms with E-state index in [1.807, 2.05) is 0 Å². The van der Waals surface area contributed by atoms with Crippen molar-refractivity contribution in [3.8, 4) is 0 Å². The number of hydrogen-bond acceptors (Lipinski definition) is 6. The minimum atomic E-state index is -0.498. The van der Waals surface area contributed by atoms with Gasteiger partial charge in [-0.05, 0) is 37.9 Å². The van der Waals surface area contributed by atoms with Gasteiger partial charge in [0.05, 0.1) is 24.0 Å². The number of ether oxygens (including phenoxy) is 2. The van der Waals surface area contributed by atoms with Crippen LogP contribution in [0.15, 0.2) is 36.4 Å². The van der Waals surface area contributed by atoms with Crippen LogP contribution in [-0.4, -0.2) is 61.6 Å². The molecule has 2 amide bonds. The number of imide groups is 1. The highest BCUT2D eigenvalue weighted by molar-refractivity contribution is 6.22. The second kappa shape index (κ2) is 8.93. The Morgan fingerprint density at radius 3 is 2.76 bits per heavy atom. The molecule has 34 heavy (non-hydrogen) atoms. The van der Waals surface area contributed by atoms with E-state index >= 15 is 0 Å². The van der Waals surface area contributed by atoms with Crippen molar-refractivity contribution in [1.82, 2.24) is 4.90 Å². The molecule has 0 radical (unpaired) electrons. The molecule has 0 N–H and O–H groups in total. The Morgan fingerprint density at radius 1 is 1.18 bits per heavy atom. The maximum Gasteiger partial charge on any atom is 0.340 e. The van der Waals surface area contributed by atoms with Gasteiger partial charge in [0.1, 0.15) is 6.61 Å². The minimum absolute atomic E-state index is 0.0391. The molecule has 1 aromatic carbocycles. The van der Waals surface area contributed by atoms with Crippen molar-refractivity contribution >= 4 is 23.5 Å². The SMILES string of the molecule is CCN1C[C@@]23CC=CCO[C@H]2[C@@](COC(=O)c2ccccc2N2C(=O)C[C@H](C)C2=O)(CCC3)C1. The molecule has 2 saturated heterocycles. The molecule has 3 aliphatic heterocycles. The monoisotopic (exact) mass is 466 g/mol. The molecule has 2 bridgehead atoms. The number of esters is 1. The van der Waals surface area contributed by atoms with Gasteiger partial charge in [-0.1, -0.05) is 44.6 Å². The highest BCUT2D eigenvalue weighted by Gasteiger charge is 2.59. The number of anilines is 1. The van der Waals surface area contributed by atoms with Crippen LogP contribution in [0.2, 0.25) is 0 Å². The summed E-state index contributed by atoms with van der Waals surface area (Å²) in [5.41, 5.74) is 0.352. The van der Waals surface area contributed by atoms with Crippen LogP contribution in [0.5, 0.6) is 0 Å². The second-order valence-corrected chi connectivity index (χ2v) is 10.5. The number of allylic oxidation sites excluding steroid dienone is 1. The van der Waals surface area contributed by atoms with Crippen LogP contribution in [0.1, 0.15) is 56.3 Å². The van der Waals surface area contributed by atoms with Crippen LogP contribution >= 0.6 is 0 Å². The lowest BCUT2D eigenvalue weighted by Gasteiger charge is -2.60. The van der Waals surface area contributed by atoms with E-state index in [4.69, 9.17) is 9.47 Å². The lowest BCUT2D eigenvalue weighted by Crippen LogP contribution is -2.66. The zero-order valence-electron chi connectivity index (χ0n) is 20.1. The van der Waals surface area contributed by atoms with Crippen molar-refractivity contribution in [2.24, 2.45) is 16.7 Å². The average Bonchev–Trinajstić information content (AvgIpc) is 2.97. The molecular formula is C27H34N2O5. The summed E-state index contributed by atoms with van der Waals surface area (Å²) < 4.78 is 12.4. The van der Waals surface area contributed by atoms with Crippen molar-refractivity contribution < 1.29 is 23.9 Å². The summed E-state index contributed by atoms with van der Waals surface area (Å²) in [5.74, 6) is -1.43. The molecule has 4 aliphatic rings. The lowest BCUT2D eigenvalue weighted by molar-refractivity contribution is -0.197. The molecule has 0 spiro atoms. The van der Waals surface area contributed by atoms with Crippen LogP contribution < -0.4 is 4.90 Å². The number of nitrogens with zero attached hydrogens (tertiary/aromatic N) is 2. The Morgan fingerprint density at radius 2 is 2.00 bits per heavy atom. The Hall–Kier alpha value is -2.51. The minimum Gasteiger partial charge on any atom is -0.461 e. The Kier molecular flexibility index (Phi) is 6.10. The van der Waals surface area contributed by atoms with E-state index in [9.17, 15) is 14.4 Å². The molecule has 3 heterocycles. The van der Waals surface area contributed by atoms with Gasteiger partial charge in [0.2, 0.25) is 11.8 Å². The van der Waals surface area contributed by atoms with Crippen molar-refractivity contribution in [3.05, 3.63) is 42.0 Å². The number of benzene rings is 1. The number of rotatable bonds is 5. The van der Waals surface area contributed by atoms with Crippen LogP contribution in [0.25, 0.3) is 0 Å². The summed E-state index contributed by atoms with van der Waals surface area (Å²) in [5, 5.41) is 0. The first kappa shape index (κ1) is 23.2. The number of likely N-dealkylation sites (tertiary alicyclic amines) is 1. The lowest BCUT2D eigenvalue weighted by atomic mass is 9.56. The molecular weight excluding hydrogens is 432 g/mol. The summed E-state index contributed by atoms with van der Waals surface area (Å²) in [6.45, 7) is 7.57. The molecule has 4 atom stereocenters. The normalized spacial score (nSPS) is 33.5. The largest absolute Gasteiger partial charge is 0.461 e. The molecule has 182 valence electrons. The molecule has 1 saturated carbocycles.